The van der Waals surface area contributed by atoms with Crippen molar-refractivity contribution in [2.24, 2.45) is 5.41 Å². The van der Waals surface area contributed by atoms with E-state index in [-0.39, 0.29) is 5.56 Å². The first-order chi connectivity index (χ1) is 9.25. The van der Waals surface area contributed by atoms with E-state index in [4.69, 9.17) is 0 Å². The highest BCUT2D eigenvalue weighted by Crippen LogP contribution is 2.28. The summed E-state index contributed by atoms with van der Waals surface area (Å²) in [6, 6.07) is 2.53. The van der Waals surface area contributed by atoms with Crippen LogP contribution in [0.2, 0.25) is 0 Å². The topological polar surface area (TPSA) is 63.2 Å². The highest BCUT2D eigenvalue weighted by molar-refractivity contribution is 7.93. The van der Waals surface area contributed by atoms with Crippen LogP contribution >= 0.6 is 0 Å². The number of rotatable bonds is 3. The van der Waals surface area contributed by atoms with Crippen molar-refractivity contribution in [3.05, 3.63) is 29.6 Å². The number of halogens is 4. The van der Waals surface area contributed by atoms with Crippen molar-refractivity contribution in [1.29, 1.82) is 0 Å². The Morgan fingerprint density at radius 3 is 2.05 bits per heavy atom. The summed E-state index contributed by atoms with van der Waals surface area (Å²) in [5.41, 5.74) is -7.30. The lowest BCUT2D eigenvalue weighted by Crippen LogP contribution is -2.30. The Labute approximate surface area is 119 Å². The lowest BCUT2D eigenvalue weighted by molar-refractivity contribution is -0.0429. The van der Waals surface area contributed by atoms with Crippen LogP contribution in [0, 0.1) is 11.2 Å². The summed E-state index contributed by atoms with van der Waals surface area (Å²) in [6.07, 6.45) is 0. The maximum atomic E-state index is 13.7. The van der Waals surface area contributed by atoms with Gasteiger partial charge >= 0.3 is 15.5 Å². The molecule has 118 valence electrons. The average Bonchev–Trinajstić information content (AvgIpc) is 2.28. The van der Waals surface area contributed by atoms with E-state index in [2.05, 4.69) is 0 Å². The van der Waals surface area contributed by atoms with E-state index >= 15 is 0 Å². The molecule has 21 heavy (non-hydrogen) atoms. The molecule has 0 aliphatic rings. The quantitative estimate of drug-likeness (QED) is 0.684. The van der Waals surface area contributed by atoms with Crippen molar-refractivity contribution in [2.45, 2.75) is 26.3 Å². The molecule has 1 aromatic carbocycles. The summed E-state index contributed by atoms with van der Waals surface area (Å²) in [4.78, 5) is 11.9. The van der Waals surface area contributed by atoms with Gasteiger partial charge in [0.2, 0.25) is 0 Å². The molecule has 0 fully saturated rings. The number of anilines is 1. The summed E-state index contributed by atoms with van der Waals surface area (Å²) in [7, 11) is -5.71. The number of nitrogens with one attached hydrogen (secondary N) is 1. The summed E-state index contributed by atoms with van der Waals surface area (Å²) in [6.45, 7) is 4.77. The fourth-order valence-corrected chi connectivity index (χ4v) is 1.95. The van der Waals surface area contributed by atoms with Crippen LogP contribution in [0.3, 0.4) is 0 Å². The molecule has 0 saturated carbocycles. The van der Waals surface area contributed by atoms with E-state index in [1.807, 2.05) is 0 Å². The average molecular weight is 327 g/mol. The number of hydrogen-bond donors (Lipinski definition) is 1. The SMILES string of the molecule is CC(C)(C)C(=O)c1ccc(NS(=O)(=O)C(F)(F)F)c(F)c1. The predicted molar refractivity (Wildman–Crippen MR) is 68.8 cm³/mol. The molecule has 1 rings (SSSR count). The zero-order chi connectivity index (χ0) is 16.6. The van der Waals surface area contributed by atoms with Gasteiger partial charge in [0.15, 0.2) is 5.78 Å². The molecule has 0 atom stereocenters. The minimum absolute atomic E-state index is 0.0602. The molecule has 0 heterocycles. The van der Waals surface area contributed by atoms with E-state index in [1.54, 1.807) is 20.8 Å². The fraction of sp³-hybridized carbons (Fsp3) is 0.417. The van der Waals surface area contributed by atoms with Gasteiger partial charge in [0, 0.05) is 11.0 Å². The van der Waals surface area contributed by atoms with Crippen molar-refractivity contribution in [1.82, 2.24) is 0 Å². The molecule has 0 amide bonds. The molecule has 0 aliphatic heterocycles. The van der Waals surface area contributed by atoms with Gasteiger partial charge in [-0.15, -0.1) is 0 Å². The smallest absolute Gasteiger partial charge is 0.294 e. The third kappa shape index (κ3) is 3.93. The lowest BCUT2D eigenvalue weighted by atomic mass is 9.86. The van der Waals surface area contributed by atoms with E-state index in [9.17, 15) is 30.8 Å². The van der Waals surface area contributed by atoms with Crippen LogP contribution < -0.4 is 4.72 Å². The predicted octanol–water partition coefficient (Wildman–Crippen LogP) is 3.32. The van der Waals surface area contributed by atoms with Crippen LogP contribution in [-0.2, 0) is 10.0 Å². The Balaban J connectivity index is 3.14. The maximum Gasteiger partial charge on any atom is 0.516 e. The highest BCUT2D eigenvalue weighted by Gasteiger charge is 2.46. The minimum Gasteiger partial charge on any atom is -0.294 e. The van der Waals surface area contributed by atoms with E-state index in [0.717, 1.165) is 16.9 Å². The van der Waals surface area contributed by atoms with Crippen LogP contribution in [0.1, 0.15) is 31.1 Å². The minimum atomic E-state index is -5.71. The molecule has 0 spiro atoms. The van der Waals surface area contributed by atoms with Crippen LogP contribution in [0.5, 0.6) is 0 Å². The number of hydrogen-bond acceptors (Lipinski definition) is 3. The summed E-state index contributed by atoms with van der Waals surface area (Å²) >= 11 is 0. The van der Waals surface area contributed by atoms with Crippen molar-refractivity contribution < 1.29 is 30.8 Å². The molecule has 4 nitrogen and oxygen atoms in total. The molecule has 0 aliphatic carbocycles. The number of benzene rings is 1. The van der Waals surface area contributed by atoms with Gasteiger partial charge in [0.25, 0.3) is 0 Å². The molecule has 1 N–H and O–H groups in total. The van der Waals surface area contributed by atoms with Gasteiger partial charge in [-0.1, -0.05) is 20.8 Å². The molecule has 9 heteroatoms. The largest absolute Gasteiger partial charge is 0.516 e. The molecule has 0 bridgehead atoms. The monoisotopic (exact) mass is 327 g/mol. The van der Waals surface area contributed by atoms with Crippen LogP contribution in [-0.4, -0.2) is 19.7 Å². The van der Waals surface area contributed by atoms with Crippen molar-refractivity contribution in [2.75, 3.05) is 4.72 Å². The summed E-state index contributed by atoms with van der Waals surface area (Å²) in [5, 5.41) is 0. The summed E-state index contributed by atoms with van der Waals surface area (Å²) in [5.74, 6) is -1.69. The Bertz CT molecular complexity index is 660. The number of carbonyl (C=O) groups excluding carboxylic acids is 1. The molecule has 0 aromatic heterocycles. The molecule has 0 radical (unpaired) electrons. The van der Waals surface area contributed by atoms with Gasteiger partial charge in [-0.25, -0.2) is 4.39 Å². The third-order valence-electron chi connectivity index (χ3n) is 2.46. The molecular weight excluding hydrogens is 314 g/mol. The first-order valence-electron chi connectivity index (χ1n) is 5.69. The second-order valence-corrected chi connectivity index (χ2v) is 7.00. The molecular formula is C12H13F4NO3S. The number of sulfonamides is 1. The first kappa shape index (κ1) is 17.4. The zero-order valence-electron chi connectivity index (χ0n) is 11.4. The van der Waals surface area contributed by atoms with Crippen molar-refractivity contribution in [3.63, 3.8) is 0 Å². The number of alkyl halides is 3. The van der Waals surface area contributed by atoms with Crippen molar-refractivity contribution in [3.8, 4) is 0 Å². The number of carbonyl (C=O) groups is 1. The summed E-state index contributed by atoms with van der Waals surface area (Å²) < 4.78 is 73.1. The van der Waals surface area contributed by atoms with Crippen LogP contribution in [0.15, 0.2) is 18.2 Å². The zero-order valence-corrected chi connectivity index (χ0v) is 12.2. The molecule has 0 unspecified atom stereocenters. The van der Waals surface area contributed by atoms with Gasteiger partial charge in [0.1, 0.15) is 5.82 Å². The van der Waals surface area contributed by atoms with Gasteiger partial charge in [-0.05, 0) is 18.2 Å². The van der Waals surface area contributed by atoms with Crippen LogP contribution in [0.4, 0.5) is 23.2 Å². The van der Waals surface area contributed by atoms with E-state index in [1.165, 1.54) is 0 Å². The second kappa shape index (κ2) is 5.28. The number of ketones is 1. The van der Waals surface area contributed by atoms with Crippen molar-refractivity contribution >= 4 is 21.5 Å². The van der Waals surface area contributed by atoms with Gasteiger partial charge < -0.3 is 0 Å². The van der Waals surface area contributed by atoms with Crippen LogP contribution in [0.25, 0.3) is 0 Å². The maximum absolute atomic E-state index is 13.7. The fourth-order valence-electron chi connectivity index (χ4n) is 1.37. The van der Waals surface area contributed by atoms with E-state index < -0.39 is 38.2 Å². The first-order valence-corrected chi connectivity index (χ1v) is 7.17. The highest BCUT2D eigenvalue weighted by atomic mass is 32.2. The van der Waals surface area contributed by atoms with E-state index in [0.29, 0.717) is 6.07 Å². The Morgan fingerprint density at radius 2 is 1.67 bits per heavy atom. The lowest BCUT2D eigenvalue weighted by Gasteiger charge is -2.17. The van der Waals surface area contributed by atoms with Gasteiger partial charge in [-0.2, -0.15) is 21.6 Å². The Hall–Kier alpha value is -1.64. The number of Topliss-reactive ketones (excluding diaryl/α,β-unsaturated/α-hetero) is 1. The second-order valence-electron chi connectivity index (χ2n) is 5.32. The molecule has 0 saturated heterocycles. The Morgan fingerprint density at radius 1 is 1.14 bits per heavy atom. The van der Waals surface area contributed by atoms with Gasteiger partial charge in [-0.3, -0.25) is 9.52 Å². The normalized spacial score (nSPS) is 13.1. The molecule has 1 aromatic rings. The standard InChI is InChI=1S/C12H13F4NO3S/c1-11(2,3)10(18)7-4-5-9(8(13)6-7)17-21(19,20)12(14,15)16/h4-6,17H,1-3H3. The van der Waals surface area contributed by atoms with Gasteiger partial charge in [0.05, 0.1) is 5.69 Å². The Kier molecular flexibility index (Phi) is 4.38. The third-order valence-corrected chi connectivity index (χ3v) is 3.56.